The number of ether oxygens (including phenoxy) is 2. The van der Waals surface area contributed by atoms with Crippen LogP contribution < -0.4 is 0 Å². The second-order valence-corrected chi connectivity index (χ2v) is 7.52. The van der Waals surface area contributed by atoms with Crippen molar-refractivity contribution < 1.29 is 9.47 Å². The lowest BCUT2D eigenvalue weighted by Crippen LogP contribution is -2.35. The molecule has 140 valence electrons. The molecule has 0 N–H and O–H groups in total. The van der Waals surface area contributed by atoms with Gasteiger partial charge in [-0.2, -0.15) is 0 Å². The van der Waals surface area contributed by atoms with E-state index in [4.69, 9.17) is 9.47 Å². The maximum absolute atomic E-state index is 6.04. The number of fused-ring (bicyclic) bond motifs is 1. The summed E-state index contributed by atoms with van der Waals surface area (Å²) >= 11 is 0. The van der Waals surface area contributed by atoms with Crippen LogP contribution in [0.5, 0.6) is 0 Å². The van der Waals surface area contributed by atoms with Crippen molar-refractivity contribution in [1.82, 2.24) is 19.4 Å². The lowest BCUT2D eigenvalue weighted by Gasteiger charge is -2.30. The first kappa shape index (κ1) is 17.6. The largest absolute Gasteiger partial charge is 0.381 e. The summed E-state index contributed by atoms with van der Waals surface area (Å²) in [6, 6.07) is 4.02. The van der Waals surface area contributed by atoms with Crippen molar-refractivity contribution >= 4 is 0 Å². The molecular formula is C20H28N4O2. The van der Waals surface area contributed by atoms with E-state index in [1.54, 1.807) is 0 Å². The molecule has 0 aliphatic carbocycles. The molecule has 1 atom stereocenters. The number of pyridine rings is 1. The van der Waals surface area contributed by atoms with Crippen LogP contribution in [0.3, 0.4) is 0 Å². The molecule has 2 aliphatic rings. The molecule has 6 heteroatoms. The van der Waals surface area contributed by atoms with Crippen molar-refractivity contribution in [3.8, 4) is 0 Å². The standard InChI is InChI=1S/C20H28N4O2/c1-5-21-6-2-18(1)14-26-15-19-11-23(10-17-3-7-25-8-4-17)13-20-9-22-16-24(20)12-19/h1-2,5-6,9,16-17,19H,3-4,7-8,10-15H2/t19-/m0/s1. The van der Waals surface area contributed by atoms with Crippen molar-refractivity contribution in [2.24, 2.45) is 11.8 Å². The lowest BCUT2D eigenvalue weighted by atomic mass is 9.99. The molecule has 2 aromatic rings. The van der Waals surface area contributed by atoms with Gasteiger partial charge in [-0.1, -0.05) is 0 Å². The van der Waals surface area contributed by atoms with Gasteiger partial charge in [0.2, 0.25) is 0 Å². The minimum absolute atomic E-state index is 0.479. The summed E-state index contributed by atoms with van der Waals surface area (Å²) in [4.78, 5) is 11.0. The van der Waals surface area contributed by atoms with Gasteiger partial charge in [0.05, 0.1) is 25.2 Å². The first-order valence-corrected chi connectivity index (χ1v) is 9.62. The molecule has 2 aromatic heterocycles. The first-order chi connectivity index (χ1) is 12.9. The third-order valence-corrected chi connectivity index (χ3v) is 5.38. The van der Waals surface area contributed by atoms with Crippen molar-refractivity contribution in [2.45, 2.75) is 32.5 Å². The molecule has 2 aliphatic heterocycles. The van der Waals surface area contributed by atoms with E-state index in [2.05, 4.69) is 19.4 Å². The van der Waals surface area contributed by atoms with E-state index >= 15 is 0 Å². The second kappa shape index (κ2) is 8.75. The van der Waals surface area contributed by atoms with Crippen molar-refractivity contribution in [3.63, 3.8) is 0 Å². The number of imidazole rings is 1. The molecule has 0 unspecified atom stereocenters. The summed E-state index contributed by atoms with van der Waals surface area (Å²) in [5.41, 5.74) is 2.49. The maximum atomic E-state index is 6.04. The van der Waals surface area contributed by atoms with Crippen LogP contribution in [0.25, 0.3) is 0 Å². The molecule has 0 aromatic carbocycles. The lowest BCUT2D eigenvalue weighted by molar-refractivity contribution is 0.0392. The fourth-order valence-electron chi connectivity index (χ4n) is 4.00. The molecule has 0 bridgehead atoms. The number of hydrogen-bond acceptors (Lipinski definition) is 5. The molecule has 0 saturated carbocycles. The minimum atomic E-state index is 0.479. The molecule has 0 amide bonds. The van der Waals surface area contributed by atoms with Gasteiger partial charge in [-0.05, 0) is 36.5 Å². The van der Waals surface area contributed by atoms with Gasteiger partial charge < -0.3 is 14.0 Å². The predicted molar refractivity (Wildman–Crippen MR) is 98.4 cm³/mol. The second-order valence-electron chi connectivity index (χ2n) is 7.52. The average molecular weight is 356 g/mol. The average Bonchev–Trinajstić information content (AvgIpc) is 3.03. The van der Waals surface area contributed by atoms with Crippen molar-refractivity contribution in [1.29, 1.82) is 0 Å². The van der Waals surface area contributed by atoms with Crippen LogP contribution in [0, 0.1) is 11.8 Å². The Morgan fingerprint density at radius 3 is 2.77 bits per heavy atom. The third-order valence-electron chi connectivity index (χ3n) is 5.38. The summed E-state index contributed by atoms with van der Waals surface area (Å²) in [6.45, 7) is 7.43. The smallest absolute Gasteiger partial charge is 0.0948 e. The maximum Gasteiger partial charge on any atom is 0.0948 e. The highest BCUT2D eigenvalue weighted by Crippen LogP contribution is 2.22. The molecule has 0 radical (unpaired) electrons. The van der Waals surface area contributed by atoms with Crippen LogP contribution in [-0.4, -0.2) is 52.3 Å². The third kappa shape index (κ3) is 4.69. The fraction of sp³-hybridized carbons (Fsp3) is 0.600. The summed E-state index contributed by atoms with van der Waals surface area (Å²) in [6.07, 6.45) is 9.97. The number of rotatable bonds is 6. The Hall–Kier alpha value is -1.76. The molecule has 1 fully saturated rings. The molecule has 6 nitrogen and oxygen atoms in total. The number of hydrogen-bond donors (Lipinski definition) is 0. The highest BCUT2D eigenvalue weighted by Gasteiger charge is 2.25. The van der Waals surface area contributed by atoms with Gasteiger partial charge >= 0.3 is 0 Å². The van der Waals surface area contributed by atoms with Gasteiger partial charge in [-0.25, -0.2) is 4.98 Å². The zero-order valence-corrected chi connectivity index (χ0v) is 15.3. The van der Waals surface area contributed by atoms with Crippen molar-refractivity contribution in [3.05, 3.63) is 48.3 Å². The quantitative estimate of drug-likeness (QED) is 0.795. The van der Waals surface area contributed by atoms with Crippen LogP contribution >= 0.6 is 0 Å². The van der Waals surface area contributed by atoms with E-state index in [0.29, 0.717) is 12.5 Å². The Morgan fingerprint density at radius 2 is 1.92 bits per heavy atom. The Morgan fingerprint density at radius 1 is 1.08 bits per heavy atom. The highest BCUT2D eigenvalue weighted by atomic mass is 16.5. The van der Waals surface area contributed by atoms with Gasteiger partial charge in [-0.3, -0.25) is 9.88 Å². The van der Waals surface area contributed by atoms with E-state index < -0.39 is 0 Å². The number of nitrogens with zero attached hydrogens (tertiary/aromatic N) is 4. The van der Waals surface area contributed by atoms with Crippen LogP contribution in [0.2, 0.25) is 0 Å². The van der Waals surface area contributed by atoms with E-state index in [0.717, 1.165) is 51.9 Å². The Balaban J connectivity index is 1.35. The summed E-state index contributed by atoms with van der Waals surface area (Å²) < 4.78 is 13.8. The van der Waals surface area contributed by atoms with E-state index in [9.17, 15) is 0 Å². The minimum Gasteiger partial charge on any atom is -0.381 e. The Bertz CT molecular complexity index is 669. The van der Waals surface area contributed by atoms with Crippen molar-refractivity contribution in [2.75, 3.05) is 32.9 Å². The molecule has 1 saturated heterocycles. The Labute approximate surface area is 155 Å². The predicted octanol–water partition coefficient (Wildman–Crippen LogP) is 2.35. The van der Waals surface area contributed by atoms with E-state index in [-0.39, 0.29) is 0 Å². The highest BCUT2D eigenvalue weighted by molar-refractivity contribution is 5.08. The van der Waals surface area contributed by atoms with E-state index in [1.165, 1.54) is 24.1 Å². The van der Waals surface area contributed by atoms with Crippen LogP contribution in [0.1, 0.15) is 24.1 Å². The molecule has 26 heavy (non-hydrogen) atoms. The van der Waals surface area contributed by atoms with Gasteiger partial charge in [-0.15, -0.1) is 0 Å². The van der Waals surface area contributed by atoms with Gasteiger partial charge in [0.25, 0.3) is 0 Å². The SMILES string of the molecule is c1cc(COC[C@H]2CN(CC3CCOCC3)Cc3cncn3C2)ccn1. The molecular weight excluding hydrogens is 328 g/mol. The zero-order chi connectivity index (χ0) is 17.6. The van der Waals surface area contributed by atoms with E-state index in [1.807, 2.05) is 37.1 Å². The molecule has 0 spiro atoms. The van der Waals surface area contributed by atoms with Gasteiger partial charge in [0.1, 0.15) is 0 Å². The van der Waals surface area contributed by atoms with Gasteiger partial charge in [0, 0.05) is 63.9 Å². The monoisotopic (exact) mass is 356 g/mol. The zero-order valence-electron chi connectivity index (χ0n) is 15.3. The van der Waals surface area contributed by atoms with Crippen LogP contribution in [0.4, 0.5) is 0 Å². The summed E-state index contributed by atoms with van der Waals surface area (Å²) in [5.74, 6) is 1.23. The Kier molecular flexibility index (Phi) is 5.94. The fourth-order valence-corrected chi connectivity index (χ4v) is 4.00. The topological polar surface area (TPSA) is 52.4 Å². The normalized spacial score (nSPS) is 22.1. The molecule has 4 rings (SSSR count). The molecule has 4 heterocycles. The number of aromatic nitrogens is 3. The van der Waals surface area contributed by atoms with Crippen LogP contribution in [0.15, 0.2) is 37.1 Å². The van der Waals surface area contributed by atoms with Gasteiger partial charge in [0.15, 0.2) is 0 Å². The summed E-state index contributed by atoms with van der Waals surface area (Å²) in [5, 5.41) is 0. The van der Waals surface area contributed by atoms with Crippen LogP contribution in [-0.2, 0) is 29.2 Å². The summed E-state index contributed by atoms with van der Waals surface area (Å²) in [7, 11) is 0. The first-order valence-electron chi connectivity index (χ1n) is 9.62.